The number of thiophene rings is 2. The molecule has 8 heteroatoms. The Morgan fingerprint density at radius 2 is 2.00 bits per heavy atom. The second kappa shape index (κ2) is 7.15. The molecule has 0 bridgehead atoms. The van der Waals surface area contributed by atoms with Crippen LogP contribution in [0.3, 0.4) is 0 Å². The minimum Gasteiger partial charge on any atom is -0.332 e. The fraction of sp³-hybridized carbons (Fsp3) is 0.235. The minimum atomic E-state index is -0.140. The lowest BCUT2D eigenvalue weighted by atomic mass is 10.2. The quantitative estimate of drug-likeness (QED) is 0.667. The lowest BCUT2D eigenvalue weighted by Crippen LogP contribution is -2.33. The van der Waals surface area contributed by atoms with E-state index in [1.165, 1.54) is 16.7 Å². The van der Waals surface area contributed by atoms with Crippen LogP contribution in [0.15, 0.2) is 40.2 Å². The zero-order valence-electron chi connectivity index (χ0n) is 13.2. The molecule has 0 atom stereocenters. The fourth-order valence-corrected chi connectivity index (χ4v) is 4.92. The van der Waals surface area contributed by atoms with Gasteiger partial charge in [0, 0.05) is 13.0 Å². The summed E-state index contributed by atoms with van der Waals surface area (Å²) < 4.78 is 0. The van der Waals surface area contributed by atoms with Crippen molar-refractivity contribution in [2.75, 3.05) is 12.3 Å². The van der Waals surface area contributed by atoms with Gasteiger partial charge in [-0.1, -0.05) is 23.9 Å². The molecule has 2 amide bonds. The summed E-state index contributed by atoms with van der Waals surface area (Å²) in [6.07, 6.45) is 1.24. The number of rotatable bonds is 5. The van der Waals surface area contributed by atoms with Crippen molar-refractivity contribution in [2.45, 2.75) is 18.0 Å². The second-order valence-electron chi connectivity index (χ2n) is 5.55. The van der Waals surface area contributed by atoms with Gasteiger partial charge in [0.2, 0.25) is 11.8 Å². The van der Waals surface area contributed by atoms with Crippen LogP contribution in [0.5, 0.6) is 0 Å². The number of hydrogen-bond acceptors (Lipinski definition) is 6. The number of nitrogens with zero attached hydrogens (tertiary/aromatic N) is 2. The Kier molecular flexibility index (Phi) is 4.74. The van der Waals surface area contributed by atoms with Crippen molar-refractivity contribution in [3.63, 3.8) is 0 Å². The van der Waals surface area contributed by atoms with E-state index < -0.39 is 0 Å². The highest BCUT2D eigenvalue weighted by Crippen LogP contribution is 2.36. The molecule has 1 aliphatic heterocycles. The first-order valence-electron chi connectivity index (χ1n) is 7.86. The van der Waals surface area contributed by atoms with Gasteiger partial charge < -0.3 is 4.98 Å². The Hall–Kier alpha value is -1.90. The predicted molar refractivity (Wildman–Crippen MR) is 102 cm³/mol. The van der Waals surface area contributed by atoms with E-state index in [0.717, 1.165) is 27.6 Å². The van der Waals surface area contributed by atoms with E-state index in [4.69, 9.17) is 4.98 Å². The lowest BCUT2D eigenvalue weighted by Gasteiger charge is -2.12. The van der Waals surface area contributed by atoms with Gasteiger partial charge in [0.1, 0.15) is 5.69 Å². The summed E-state index contributed by atoms with van der Waals surface area (Å²) in [6, 6.07) is 8.11. The molecule has 25 heavy (non-hydrogen) atoms. The monoisotopic (exact) mass is 389 g/mol. The van der Waals surface area contributed by atoms with Crippen LogP contribution < -0.4 is 0 Å². The molecular formula is C17H15N3O2S3. The van der Waals surface area contributed by atoms with Gasteiger partial charge in [0.05, 0.1) is 21.2 Å². The number of aromatic amines is 1. The second-order valence-corrected chi connectivity index (χ2v) is 8.41. The zero-order valence-corrected chi connectivity index (χ0v) is 15.7. The number of imidazole rings is 1. The number of imide groups is 1. The molecule has 3 aromatic heterocycles. The zero-order chi connectivity index (χ0) is 17.2. The maximum absolute atomic E-state index is 12.2. The van der Waals surface area contributed by atoms with Gasteiger partial charge in [-0.25, -0.2) is 4.98 Å². The number of H-pyrrole nitrogens is 1. The third-order valence-corrected chi connectivity index (χ3v) is 6.53. The molecule has 4 heterocycles. The van der Waals surface area contributed by atoms with E-state index in [-0.39, 0.29) is 17.6 Å². The number of hydrogen-bond donors (Lipinski definition) is 1. The average Bonchev–Trinajstić information content (AvgIpc) is 3.38. The first-order valence-corrected chi connectivity index (χ1v) is 10.6. The van der Waals surface area contributed by atoms with Gasteiger partial charge in [-0.05, 0) is 29.3 Å². The number of nitrogens with one attached hydrogen (secondary N) is 1. The molecule has 3 aromatic rings. The fourth-order valence-electron chi connectivity index (χ4n) is 2.73. The number of aromatic nitrogens is 2. The number of likely N-dealkylation sites (tertiary alicyclic amines) is 1. The Morgan fingerprint density at radius 3 is 2.64 bits per heavy atom. The number of carbonyl (C=O) groups is 2. The van der Waals surface area contributed by atoms with E-state index in [1.807, 2.05) is 29.0 Å². The van der Waals surface area contributed by atoms with Crippen molar-refractivity contribution in [2.24, 2.45) is 0 Å². The smallest absolute Gasteiger partial charge is 0.239 e. The van der Waals surface area contributed by atoms with E-state index in [9.17, 15) is 9.59 Å². The van der Waals surface area contributed by atoms with Crippen LogP contribution in [-0.4, -0.2) is 39.0 Å². The Bertz CT molecular complexity index is 833. The van der Waals surface area contributed by atoms with Gasteiger partial charge in [0.15, 0.2) is 5.16 Å². The summed E-state index contributed by atoms with van der Waals surface area (Å²) in [5, 5.41) is 4.76. The molecule has 128 valence electrons. The molecule has 1 saturated heterocycles. The highest BCUT2D eigenvalue weighted by Gasteiger charge is 2.26. The van der Waals surface area contributed by atoms with Crippen molar-refractivity contribution in [1.29, 1.82) is 0 Å². The molecule has 0 spiro atoms. The highest BCUT2D eigenvalue weighted by molar-refractivity contribution is 7.99. The number of thioether (sulfide) groups is 1. The molecule has 0 unspecified atom stereocenters. The lowest BCUT2D eigenvalue weighted by molar-refractivity contribution is -0.140. The van der Waals surface area contributed by atoms with Crippen LogP contribution in [-0.2, 0) is 9.59 Å². The molecule has 0 aromatic carbocycles. The largest absolute Gasteiger partial charge is 0.332 e. The number of carbonyl (C=O) groups excluding carboxylic acids is 2. The Morgan fingerprint density at radius 1 is 1.24 bits per heavy atom. The third kappa shape index (κ3) is 3.42. The minimum absolute atomic E-state index is 0.0661. The summed E-state index contributed by atoms with van der Waals surface area (Å²) in [6.45, 7) is 0.539. The van der Waals surface area contributed by atoms with E-state index >= 15 is 0 Å². The van der Waals surface area contributed by atoms with Gasteiger partial charge >= 0.3 is 0 Å². The first-order chi connectivity index (χ1) is 12.2. The summed E-state index contributed by atoms with van der Waals surface area (Å²) in [5.41, 5.74) is 1.88. The van der Waals surface area contributed by atoms with Crippen LogP contribution in [0.25, 0.3) is 21.1 Å². The predicted octanol–water partition coefficient (Wildman–Crippen LogP) is 4.11. The summed E-state index contributed by atoms with van der Waals surface area (Å²) in [7, 11) is 0. The highest BCUT2D eigenvalue weighted by atomic mass is 32.2. The van der Waals surface area contributed by atoms with Crippen LogP contribution in [0.4, 0.5) is 0 Å². The van der Waals surface area contributed by atoms with Crippen LogP contribution in [0, 0.1) is 0 Å². The van der Waals surface area contributed by atoms with Crippen molar-refractivity contribution >= 4 is 46.2 Å². The van der Waals surface area contributed by atoms with Crippen molar-refractivity contribution in [3.8, 4) is 21.1 Å². The Labute approximate surface area is 157 Å². The molecule has 5 nitrogen and oxygen atoms in total. The van der Waals surface area contributed by atoms with Crippen LogP contribution in [0.2, 0.25) is 0 Å². The van der Waals surface area contributed by atoms with Crippen molar-refractivity contribution in [1.82, 2.24) is 14.9 Å². The van der Waals surface area contributed by atoms with E-state index in [1.54, 1.807) is 22.7 Å². The third-order valence-electron chi connectivity index (χ3n) is 3.91. The molecule has 1 N–H and O–H groups in total. The molecule has 0 radical (unpaired) electrons. The Balaban J connectivity index is 1.55. The average molecular weight is 390 g/mol. The van der Waals surface area contributed by atoms with Crippen molar-refractivity contribution in [3.05, 3.63) is 35.0 Å². The summed E-state index contributed by atoms with van der Waals surface area (Å²) >= 11 is 4.64. The topological polar surface area (TPSA) is 66.1 Å². The summed E-state index contributed by atoms with van der Waals surface area (Å²) in [4.78, 5) is 35.5. The SMILES string of the molecule is O=C1CCCN1C(=O)CSc1nc(-c2cccs2)c(-c2cccs2)[nH]1. The maximum atomic E-state index is 12.2. The van der Waals surface area contributed by atoms with Crippen LogP contribution >= 0.6 is 34.4 Å². The normalized spacial score (nSPS) is 14.4. The van der Waals surface area contributed by atoms with E-state index in [0.29, 0.717) is 18.1 Å². The van der Waals surface area contributed by atoms with E-state index in [2.05, 4.69) is 11.1 Å². The molecular weight excluding hydrogens is 374 g/mol. The van der Waals surface area contributed by atoms with Crippen LogP contribution in [0.1, 0.15) is 12.8 Å². The van der Waals surface area contributed by atoms with Gasteiger partial charge in [-0.15, -0.1) is 22.7 Å². The summed E-state index contributed by atoms with van der Waals surface area (Å²) in [5.74, 6) is 0.00959. The number of amides is 2. The maximum Gasteiger partial charge on any atom is 0.239 e. The standard InChI is InChI=1S/C17H15N3O2S3/c21-13-6-1-7-20(13)14(22)10-25-17-18-15(11-4-2-8-23-11)16(19-17)12-5-3-9-24-12/h2-5,8-9H,1,6-7,10H2,(H,18,19). The molecule has 0 aliphatic carbocycles. The molecule has 4 rings (SSSR count). The molecule has 0 saturated carbocycles. The van der Waals surface area contributed by atoms with Gasteiger partial charge in [-0.3, -0.25) is 14.5 Å². The molecule has 1 fully saturated rings. The molecule has 1 aliphatic rings. The first kappa shape index (κ1) is 16.6. The van der Waals surface area contributed by atoms with Gasteiger partial charge in [0.25, 0.3) is 0 Å². The van der Waals surface area contributed by atoms with Gasteiger partial charge in [-0.2, -0.15) is 0 Å². The van der Waals surface area contributed by atoms with Crippen molar-refractivity contribution < 1.29 is 9.59 Å².